The first-order valence-corrected chi connectivity index (χ1v) is 7.61. The predicted octanol–water partition coefficient (Wildman–Crippen LogP) is 2.63. The molecular formula is C15H18N2O3S. The Morgan fingerprint density at radius 1 is 1.29 bits per heavy atom. The molecule has 6 heteroatoms. The van der Waals surface area contributed by atoms with E-state index in [4.69, 9.17) is 4.74 Å². The van der Waals surface area contributed by atoms with Crippen molar-refractivity contribution in [2.24, 2.45) is 0 Å². The van der Waals surface area contributed by atoms with E-state index >= 15 is 0 Å². The van der Waals surface area contributed by atoms with Gasteiger partial charge in [0.05, 0.1) is 6.61 Å². The number of anilines is 1. The van der Waals surface area contributed by atoms with Crippen LogP contribution in [0.25, 0.3) is 10.1 Å². The highest BCUT2D eigenvalue weighted by Crippen LogP contribution is 2.28. The summed E-state index contributed by atoms with van der Waals surface area (Å²) in [6, 6.07) is 7.40. The highest BCUT2D eigenvalue weighted by molar-refractivity contribution is 7.20. The third kappa shape index (κ3) is 4.03. The van der Waals surface area contributed by atoms with Crippen LogP contribution in [0.2, 0.25) is 0 Å². The maximum absolute atomic E-state index is 11.7. The summed E-state index contributed by atoms with van der Waals surface area (Å²) in [7, 11) is 1.81. The van der Waals surface area contributed by atoms with Crippen LogP contribution in [0.1, 0.15) is 23.0 Å². The van der Waals surface area contributed by atoms with Gasteiger partial charge < -0.3 is 15.4 Å². The average Bonchev–Trinajstić information content (AvgIpc) is 2.88. The first-order chi connectivity index (χ1) is 10.1. The fourth-order valence-corrected chi connectivity index (χ4v) is 2.82. The van der Waals surface area contributed by atoms with E-state index in [1.54, 1.807) is 13.0 Å². The normalized spacial score (nSPS) is 10.6. The highest BCUT2D eigenvalue weighted by Gasteiger charge is 2.11. The Bertz CT molecular complexity index is 651. The maximum Gasteiger partial charge on any atom is 0.348 e. The standard InChI is InChI=1S/C15H18N2O3S/c1-3-20-15(19)13-9-10-8-11(4-5-12(10)21-13)17-14(18)6-7-16-2/h4-5,8-9,16H,3,6-7H2,1-2H3,(H,17,18). The van der Waals surface area contributed by atoms with Crippen molar-refractivity contribution in [1.82, 2.24) is 5.32 Å². The van der Waals surface area contributed by atoms with Gasteiger partial charge in [-0.25, -0.2) is 4.79 Å². The van der Waals surface area contributed by atoms with Crippen molar-refractivity contribution >= 4 is 39.0 Å². The van der Waals surface area contributed by atoms with E-state index in [-0.39, 0.29) is 11.9 Å². The summed E-state index contributed by atoms with van der Waals surface area (Å²) in [5.74, 6) is -0.345. The minimum Gasteiger partial charge on any atom is -0.462 e. The van der Waals surface area contributed by atoms with Crippen molar-refractivity contribution in [2.75, 3.05) is 25.5 Å². The molecule has 2 aromatic rings. The molecule has 0 unspecified atom stereocenters. The number of ether oxygens (including phenoxy) is 1. The van der Waals surface area contributed by atoms with Gasteiger partial charge in [0, 0.05) is 23.4 Å². The lowest BCUT2D eigenvalue weighted by molar-refractivity contribution is -0.116. The van der Waals surface area contributed by atoms with E-state index in [0.29, 0.717) is 24.4 Å². The molecule has 0 saturated heterocycles. The van der Waals surface area contributed by atoms with E-state index in [1.807, 2.05) is 25.2 Å². The van der Waals surface area contributed by atoms with Crippen LogP contribution in [0, 0.1) is 0 Å². The van der Waals surface area contributed by atoms with Crippen LogP contribution in [-0.2, 0) is 9.53 Å². The molecule has 1 aromatic heterocycles. The van der Waals surface area contributed by atoms with Gasteiger partial charge in [0.2, 0.25) is 5.91 Å². The summed E-state index contributed by atoms with van der Waals surface area (Å²) in [5, 5.41) is 6.70. The molecule has 0 aliphatic rings. The largest absolute Gasteiger partial charge is 0.462 e. The molecule has 0 aliphatic heterocycles. The second-order valence-electron chi connectivity index (χ2n) is 4.49. The van der Waals surface area contributed by atoms with Gasteiger partial charge in [-0.1, -0.05) is 0 Å². The van der Waals surface area contributed by atoms with Crippen molar-refractivity contribution in [3.8, 4) is 0 Å². The SMILES string of the molecule is CCOC(=O)c1cc2cc(NC(=O)CCNC)ccc2s1. The minimum atomic E-state index is -0.307. The first kappa shape index (κ1) is 15.5. The number of carbonyl (C=O) groups is 2. The Morgan fingerprint density at radius 2 is 2.10 bits per heavy atom. The van der Waals surface area contributed by atoms with Gasteiger partial charge in [-0.15, -0.1) is 11.3 Å². The van der Waals surface area contributed by atoms with E-state index in [1.165, 1.54) is 11.3 Å². The first-order valence-electron chi connectivity index (χ1n) is 6.79. The molecule has 0 saturated carbocycles. The third-order valence-electron chi connectivity index (χ3n) is 2.88. The van der Waals surface area contributed by atoms with Crippen LogP contribution >= 0.6 is 11.3 Å². The lowest BCUT2D eigenvalue weighted by Gasteiger charge is -2.04. The van der Waals surface area contributed by atoms with Crippen molar-refractivity contribution in [3.63, 3.8) is 0 Å². The Balaban J connectivity index is 2.14. The molecule has 2 N–H and O–H groups in total. The quantitative estimate of drug-likeness (QED) is 0.805. The van der Waals surface area contributed by atoms with E-state index < -0.39 is 0 Å². The van der Waals surface area contributed by atoms with Gasteiger partial charge in [0.1, 0.15) is 4.88 Å². The predicted molar refractivity (Wildman–Crippen MR) is 85.0 cm³/mol. The Morgan fingerprint density at radius 3 is 2.81 bits per heavy atom. The summed E-state index contributed by atoms with van der Waals surface area (Å²) in [5.41, 5.74) is 0.733. The number of hydrogen-bond acceptors (Lipinski definition) is 5. The third-order valence-corrected chi connectivity index (χ3v) is 3.97. The van der Waals surface area contributed by atoms with Gasteiger partial charge in [0.25, 0.3) is 0 Å². The Labute approximate surface area is 127 Å². The fraction of sp³-hybridized carbons (Fsp3) is 0.333. The molecule has 21 heavy (non-hydrogen) atoms. The van der Waals surface area contributed by atoms with Crippen LogP contribution in [0.5, 0.6) is 0 Å². The van der Waals surface area contributed by atoms with Gasteiger partial charge >= 0.3 is 5.97 Å². The van der Waals surface area contributed by atoms with Crippen LogP contribution in [0.15, 0.2) is 24.3 Å². The van der Waals surface area contributed by atoms with Crippen LogP contribution in [0.4, 0.5) is 5.69 Å². The number of benzene rings is 1. The second-order valence-corrected chi connectivity index (χ2v) is 5.57. The Kier molecular flexibility index (Phi) is 5.30. The number of hydrogen-bond donors (Lipinski definition) is 2. The maximum atomic E-state index is 11.7. The fourth-order valence-electron chi connectivity index (χ4n) is 1.89. The number of rotatable bonds is 6. The number of carbonyl (C=O) groups excluding carboxylic acids is 2. The number of amides is 1. The van der Waals surface area contributed by atoms with Crippen molar-refractivity contribution in [3.05, 3.63) is 29.1 Å². The van der Waals surface area contributed by atoms with Crippen LogP contribution in [0.3, 0.4) is 0 Å². The molecule has 1 heterocycles. The smallest absolute Gasteiger partial charge is 0.348 e. The molecule has 0 fully saturated rings. The molecule has 0 radical (unpaired) electrons. The van der Waals surface area contributed by atoms with E-state index in [0.717, 1.165) is 15.8 Å². The number of fused-ring (bicyclic) bond motifs is 1. The Hall–Kier alpha value is -1.92. The van der Waals surface area contributed by atoms with Crippen molar-refractivity contribution in [1.29, 1.82) is 0 Å². The molecular weight excluding hydrogens is 288 g/mol. The van der Waals surface area contributed by atoms with Gasteiger partial charge in [-0.3, -0.25) is 4.79 Å². The van der Waals surface area contributed by atoms with Gasteiger partial charge in [-0.2, -0.15) is 0 Å². The van der Waals surface area contributed by atoms with Gasteiger partial charge in [0.15, 0.2) is 0 Å². The number of thiophene rings is 1. The number of nitrogens with one attached hydrogen (secondary N) is 2. The van der Waals surface area contributed by atoms with Gasteiger partial charge in [-0.05, 0) is 43.6 Å². The number of esters is 1. The molecule has 0 aliphatic carbocycles. The zero-order valence-electron chi connectivity index (χ0n) is 12.1. The molecule has 5 nitrogen and oxygen atoms in total. The average molecular weight is 306 g/mol. The lowest BCUT2D eigenvalue weighted by Crippen LogP contribution is -2.18. The van der Waals surface area contributed by atoms with Crippen molar-refractivity contribution in [2.45, 2.75) is 13.3 Å². The monoisotopic (exact) mass is 306 g/mol. The summed E-state index contributed by atoms with van der Waals surface area (Å²) >= 11 is 1.39. The minimum absolute atomic E-state index is 0.0375. The molecule has 112 valence electrons. The topological polar surface area (TPSA) is 67.4 Å². The van der Waals surface area contributed by atoms with E-state index in [2.05, 4.69) is 10.6 Å². The molecule has 0 spiro atoms. The zero-order valence-corrected chi connectivity index (χ0v) is 12.9. The molecule has 1 aromatic carbocycles. The van der Waals surface area contributed by atoms with Crippen molar-refractivity contribution < 1.29 is 14.3 Å². The summed E-state index contributed by atoms with van der Waals surface area (Å²) in [6.45, 7) is 2.78. The summed E-state index contributed by atoms with van der Waals surface area (Å²) in [6.07, 6.45) is 0.423. The summed E-state index contributed by atoms with van der Waals surface area (Å²) < 4.78 is 5.98. The molecule has 0 bridgehead atoms. The molecule has 1 amide bonds. The van der Waals surface area contributed by atoms with E-state index in [9.17, 15) is 9.59 Å². The second kappa shape index (κ2) is 7.19. The van der Waals surface area contributed by atoms with Crippen LogP contribution in [-0.4, -0.2) is 32.1 Å². The lowest BCUT2D eigenvalue weighted by atomic mass is 10.2. The summed E-state index contributed by atoms with van der Waals surface area (Å²) in [4.78, 5) is 24.0. The molecule has 0 atom stereocenters. The zero-order chi connectivity index (χ0) is 15.2. The highest BCUT2D eigenvalue weighted by atomic mass is 32.1. The van der Waals surface area contributed by atoms with Crippen LogP contribution < -0.4 is 10.6 Å². The molecule has 2 rings (SSSR count).